The number of anilines is 1. The molecule has 0 atom stereocenters. The molecule has 2 aromatic rings. The predicted octanol–water partition coefficient (Wildman–Crippen LogP) is 2.60. The summed E-state index contributed by atoms with van der Waals surface area (Å²) in [6.45, 7) is 1.90. The van der Waals surface area contributed by atoms with Gasteiger partial charge in [-0.05, 0) is 42.3 Å². The van der Waals surface area contributed by atoms with Crippen LogP contribution in [0.1, 0.15) is 6.92 Å². The lowest BCUT2D eigenvalue weighted by atomic mass is 10.1. The van der Waals surface area contributed by atoms with E-state index in [9.17, 15) is 13.2 Å². The van der Waals surface area contributed by atoms with Gasteiger partial charge in [0, 0.05) is 0 Å². The minimum Gasteiger partial charge on any atom is -0.494 e. The first kappa shape index (κ1) is 17.8. The van der Waals surface area contributed by atoms with E-state index in [0.717, 1.165) is 27.4 Å². The minimum absolute atomic E-state index is 0.314. The van der Waals surface area contributed by atoms with Crippen molar-refractivity contribution in [1.29, 1.82) is 0 Å². The second-order valence-electron chi connectivity index (χ2n) is 5.17. The highest BCUT2D eigenvalue weighted by Crippen LogP contribution is 2.26. The molecule has 0 saturated heterocycles. The van der Waals surface area contributed by atoms with Gasteiger partial charge >= 0.3 is 5.97 Å². The van der Waals surface area contributed by atoms with E-state index in [1.165, 1.54) is 0 Å². The van der Waals surface area contributed by atoms with Crippen LogP contribution in [0.3, 0.4) is 0 Å². The maximum absolute atomic E-state index is 11.8. The van der Waals surface area contributed by atoms with E-state index in [1.807, 2.05) is 31.2 Å². The Bertz CT molecular complexity index is 798. The number of hydrogen-bond donors (Lipinski definition) is 1. The lowest BCUT2D eigenvalue weighted by Crippen LogP contribution is -2.34. The van der Waals surface area contributed by atoms with Crippen LogP contribution in [0, 0.1) is 0 Å². The number of hydrogen-bond acceptors (Lipinski definition) is 4. The molecule has 0 radical (unpaired) electrons. The first-order valence-corrected chi connectivity index (χ1v) is 9.19. The van der Waals surface area contributed by atoms with Crippen LogP contribution in [0.5, 0.6) is 5.75 Å². The highest BCUT2D eigenvalue weighted by Gasteiger charge is 2.20. The number of sulfonamides is 1. The van der Waals surface area contributed by atoms with Crippen LogP contribution in [0.15, 0.2) is 48.5 Å². The summed E-state index contributed by atoms with van der Waals surface area (Å²) < 4.78 is 29.8. The van der Waals surface area contributed by atoms with Gasteiger partial charge in [0.25, 0.3) is 0 Å². The molecule has 0 fully saturated rings. The number of benzene rings is 2. The van der Waals surface area contributed by atoms with Crippen molar-refractivity contribution in [2.75, 3.05) is 23.7 Å². The molecule has 0 aliphatic heterocycles. The van der Waals surface area contributed by atoms with Crippen molar-refractivity contribution in [2.45, 2.75) is 6.92 Å². The highest BCUT2D eigenvalue weighted by molar-refractivity contribution is 7.92. The quantitative estimate of drug-likeness (QED) is 0.831. The van der Waals surface area contributed by atoms with Crippen LogP contribution in [-0.4, -0.2) is 38.9 Å². The SMILES string of the molecule is CCOc1ccc(-c2ccc(N(CC(=O)O)S(C)(=O)=O)cc2)cc1. The molecule has 0 aliphatic carbocycles. The van der Waals surface area contributed by atoms with Gasteiger partial charge in [0.05, 0.1) is 18.6 Å². The zero-order chi connectivity index (χ0) is 17.7. The summed E-state index contributed by atoms with van der Waals surface area (Å²) in [5.41, 5.74) is 2.16. The smallest absolute Gasteiger partial charge is 0.324 e. The summed E-state index contributed by atoms with van der Waals surface area (Å²) in [6, 6.07) is 14.2. The first-order chi connectivity index (χ1) is 11.3. The maximum Gasteiger partial charge on any atom is 0.324 e. The van der Waals surface area contributed by atoms with Gasteiger partial charge < -0.3 is 9.84 Å². The van der Waals surface area contributed by atoms with E-state index in [0.29, 0.717) is 12.3 Å². The topological polar surface area (TPSA) is 83.9 Å². The molecule has 2 aromatic carbocycles. The molecule has 0 saturated carbocycles. The number of carboxylic acids is 1. The zero-order valence-corrected chi connectivity index (χ0v) is 14.3. The average Bonchev–Trinajstić information content (AvgIpc) is 2.53. The Hall–Kier alpha value is -2.54. The van der Waals surface area contributed by atoms with E-state index in [1.54, 1.807) is 24.3 Å². The summed E-state index contributed by atoms with van der Waals surface area (Å²) in [4.78, 5) is 10.9. The third-order valence-electron chi connectivity index (χ3n) is 3.33. The molecule has 0 spiro atoms. The molecule has 7 heteroatoms. The third-order valence-corrected chi connectivity index (χ3v) is 4.47. The van der Waals surface area contributed by atoms with Crippen molar-refractivity contribution >= 4 is 21.7 Å². The van der Waals surface area contributed by atoms with E-state index < -0.39 is 22.5 Å². The number of rotatable bonds is 7. The van der Waals surface area contributed by atoms with Gasteiger partial charge in [-0.25, -0.2) is 8.42 Å². The fourth-order valence-corrected chi connectivity index (χ4v) is 3.10. The highest BCUT2D eigenvalue weighted by atomic mass is 32.2. The standard InChI is InChI=1S/C17H19NO5S/c1-3-23-16-10-6-14(7-11-16)13-4-8-15(9-5-13)18(12-17(19)20)24(2,21)22/h4-11H,3,12H2,1-2H3,(H,19,20). The fourth-order valence-electron chi connectivity index (χ4n) is 2.25. The Morgan fingerprint density at radius 1 is 1.04 bits per heavy atom. The second kappa shape index (κ2) is 7.35. The lowest BCUT2D eigenvalue weighted by Gasteiger charge is -2.20. The zero-order valence-electron chi connectivity index (χ0n) is 13.5. The van der Waals surface area contributed by atoms with Crippen LogP contribution < -0.4 is 9.04 Å². The monoisotopic (exact) mass is 349 g/mol. The van der Waals surface area contributed by atoms with Crippen LogP contribution in [0.2, 0.25) is 0 Å². The van der Waals surface area contributed by atoms with E-state index in [-0.39, 0.29) is 0 Å². The molecule has 0 aliphatic rings. The lowest BCUT2D eigenvalue weighted by molar-refractivity contribution is -0.135. The number of ether oxygens (including phenoxy) is 1. The third kappa shape index (κ3) is 4.48. The van der Waals surface area contributed by atoms with Gasteiger partial charge in [-0.1, -0.05) is 24.3 Å². The summed E-state index contributed by atoms with van der Waals surface area (Å²) in [5.74, 6) is -0.432. The molecule has 1 N–H and O–H groups in total. The van der Waals surface area contributed by atoms with Crippen molar-refractivity contribution in [1.82, 2.24) is 0 Å². The molecule has 24 heavy (non-hydrogen) atoms. The Labute approximate surface area is 141 Å². The molecular weight excluding hydrogens is 330 g/mol. The maximum atomic E-state index is 11.8. The van der Waals surface area contributed by atoms with Gasteiger partial charge in [0.1, 0.15) is 12.3 Å². The number of aliphatic carboxylic acids is 1. The Balaban J connectivity index is 2.27. The average molecular weight is 349 g/mol. The summed E-state index contributed by atoms with van der Waals surface area (Å²) in [5, 5.41) is 8.89. The molecule has 0 aromatic heterocycles. The number of carbonyl (C=O) groups is 1. The van der Waals surface area contributed by atoms with Crippen LogP contribution in [0.4, 0.5) is 5.69 Å². The molecule has 0 heterocycles. The van der Waals surface area contributed by atoms with Crippen molar-refractivity contribution in [3.05, 3.63) is 48.5 Å². The predicted molar refractivity (Wildman–Crippen MR) is 92.9 cm³/mol. The van der Waals surface area contributed by atoms with Crippen molar-refractivity contribution in [3.8, 4) is 16.9 Å². The van der Waals surface area contributed by atoms with Crippen molar-refractivity contribution in [2.24, 2.45) is 0 Å². The molecular formula is C17H19NO5S. The Morgan fingerprint density at radius 2 is 1.54 bits per heavy atom. The summed E-state index contributed by atoms with van der Waals surface area (Å²) in [6.07, 6.45) is 0.982. The first-order valence-electron chi connectivity index (χ1n) is 7.34. The largest absolute Gasteiger partial charge is 0.494 e. The van der Waals surface area contributed by atoms with Gasteiger partial charge in [-0.15, -0.1) is 0 Å². The molecule has 0 bridgehead atoms. The van der Waals surface area contributed by atoms with Gasteiger partial charge in [-0.2, -0.15) is 0 Å². The van der Waals surface area contributed by atoms with Crippen molar-refractivity contribution in [3.63, 3.8) is 0 Å². The van der Waals surface area contributed by atoms with Crippen LogP contribution >= 0.6 is 0 Å². The Kier molecular flexibility index (Phi) is 5.46. The fraction of sp³-hybridized carbons (Fsp3) is 0.235. The molecule has 0 unspecified atom stereocenters. The normalized spacial score (nSPS) is 11.1. The van der Waals surface area contributed by atoms with E-state index >= 15 is 0 Å². The molecule has 6 nitrogen and oxygen atoms in total. The Morgan fingerprint density at radius 3 is 1.96 bits per heavy atom. The van der Waals surface area contributed by atoms with Crippen LogP contribution in [0.25, 0.3) is 11.1 Å². The van der Waals surface area contributed by atoms with Crippen LogP contribution in [-0.2, 0) is 14.8 Å². The summed E-state index contributed by atoms with van der Waals surface area (Å²) >= 11 is 0. The van der Waals surface area contributed by atoms with E-state index in [2.05, 4.69) is 0 Å². The molecule has 128 valence electrons. The molecule has 0 amide bonds. The second-order valence-corrected chi connectivity index (χ2v) is 7.07. The minimum atomic E-state index is -3.67. The van der Waals surface area contributed by atoms with Crippen molar-refractivity contribution < 1.29 is 23.1 Å². The van der Waals surface area contributed by atoms with Gasteiger partial charge in [-0.3, -0.25) is 9.10 Å². The van der Waals surface area contributed by atoms with Gasteiger partial charge in [0.2, 0.25) is 10.0 Å². The number of nitrogens with zero attached hydrogens (tertiary/aromatic N) is 1. The number of carboxylic acid groups (broad SMARTS) is 1. The van der Waals surface area contributed by atoms with Gasteiger partial charge in [0.15, 0.2) is 0 Å². The van der Waals surface area contributed by atoms with E-state index in [4.69, 9.17) is 9.84 Å². The summed E-state index contributed by atoms with van der Waals surface area (Å²) in [7, 11) is -3.67. The molecule has 2 rings (SSSR count).